The van der Waals surface area contributed by atoms with Gasteiger partial charge in [-0.25, -0.2) is 0 Å². The van der Waals surface area contributed by atoms with E-state index in [1.165, 1.54) is 12.0 Å². The number of ketones is 1. The van der Waals surface area contributed by atoms with Crippen LogP contribution >= 0.6 is 0 Å². The highest BCUT2D eigenvalue weighted by Gasteiger charge is 2.40. The van der Waals surface area contributed by atoms with Gasteiger partial charge in [0.2, 0.25) is 0 Å². The van der Waals surface area contributed by atoms with Gasteiger partial charge in [-0.3, -0.25) is 4.79 Å². The van der Waals surface area contributed by atoms with Gasteiger partial charge in [-0.15, -0.1) is 0 Å². The van der Waals surface area contributed by atoms with E-state index >= 15 is 0 Å². The molecule has 0 atom stereocenters. The molecule has 0 heterocycles. The first kappa shape index (κ1) is 15.2. The number of carbonyl (C=O) groups excluding carboxylic acids is 1. The topological polar surface area (TPSA) is 26.3 Å². The fraction of sp³-hybridized carbons (Fsp3) is 0.611. The third-order valence-corrected chi connectivity index (χ3v) is 4.22. The van der Waals surface area contributed by atoms with E-state index in [9.17, 15) is 4.79 Å². The Morgan fingerprint density at radius 1 is 1.20 bits per heavy atom. The Hall–Kier alpha value is -1.15. The average Bonchev–Trinajstić information content (AvgIpc) is 2.48. The maximum Gasteiger partial charge on any atom is 0.194 e. The SMILES string of the molecule is CCCc1cccc(C(=O)C2(OCC)CCCCC2)c1. The fourth-order valence-electron chi connectivity index (χ4n) is 3.26. The summed E-state index contributed by atoms with van der Waals surface area (Å²) in [5, 5.41) is 0. The van der Waals surface area contributed by atoms with Gasteiger partial charge in [0.25, 0.3) is 0 Å². The Morgan fingerprint density at radius 2 is 1.95 bits per heavy atom. The lowest BCUT2D eigenvalue weighted by molar-refractivity contribution is -0.0411. The van der Waals surface area contributed by atoms with Crippen LogP contribution in [-0.4, -0.2) is 18.0 Å². The molecule has 1 aliphatic rings. The van der Waals surface area contributed by atoms with Crippen LogP contribution in [0.2, 0.25) is 0 Å². The molecule has 20 heavy (non-hydrogen) atoms. The van der Waals surface area contributed by atoms with Gasteiger partial charge in [-0.1, -0.05) is 50.8 Å². The molecular formula is C18H26O2. The first-order valence-corrected chi connectivity index (χ1v) is 7.99. The molecule has 1 fully saturated rings. The Kier molecular flexibility index (Phi) is 5.36. The average molecular weight is 274 g/mol. The van der Waals surface area contributed by atoms with E-state index in [-0.39, 0.29) is 5.78 Å². The highest BCUT2D eigenvalue weighted by atomic mass is 16.5. The van der Waals surface area contributed by atoms with Crippen LogP contribution in [0.1, 0.15) is 68.3 Å². The van der Waals surface area contributed by atoms with Crippen molar-refractivity contribution in [3.05, 3.63) is 35.4 Å². The summed E-state index contributed by atoms with van der Waals surface area (Å²) in [6.07, 6.45) is 7.30. The maximum atomic E-state index is 12.9. The number of hydrogen-bond donors (Lipinski definition) is 0. The van der Waals surface area contributed by atoms with Crippen molar-refractivity contribution in [1.29, 1.82) is 0 Å². The molecule has 0 aliphatic heterocycles. The van der Waals surface area contributed by atoms with Gasteiger partial charge in [-0.2, -0.15) is 0 Å². The number of Topliss-reactive ketones (excluding diaryl/α,β-unsaturated/α-hetero) is 1. The molecule has 0 unspecified atom stereocenters. The number of hydrogen-bond acceptors (Lipinski definition) is 2. The molecule has 0 spiro atoms. The van der Waals surface area contributed by atoms with Gasteiger partial charge in [-0.05, 0) is 37.8 Å². The van der Waals surface area contributed by atoms with Crippen LogP contribution in [0.5, 0.6) is 0 Å². The van der Waals surface area contributed by atoms with Crippen molar-refractivity contribution in [2.75, 3.05) is 6.61 Å². The molecule has 0 N–H and O–H groups in total. The van der Waals surface area contributed by atoms with Gasteiger partial charge in [0, 0.05) is 12.2 Å². The summed E-state index contributed by atoms with van der Waals surface area (Å²) in [4.78, 5) is 12.9. The van der Waals surface area contributed by atoms with E-state index in [0.29, 0.717) is 6.61 Å². The molecule has 1 saturated carbocycles. The zero-order valence-electron chi connectivity index (χ0n) is 12.8. The molecule has 0 radical (unpaired) electrons. The Balaban J connectivity index is 2.24. The van der Waals surface area contributed by atoms with E-state index in [4.69, 9.17) is 4.74 Å². The van der Waals surface area contributed by atoms with Crippen LogP contribution in [0.4, 0.5) is 0 Å². The van der Waals surface area contributed by atoms with E-state index in [1.54, 1.807) is 0 Å². The molecule has 0 aromatic heterocycles. The summed E-state index contributed by atoms with van der Waals surface area (Å²) in [5.41, 5.74) is 1.52. The lowest BCUT2D eigenvalue weighted by Crippen LogP contribution is -2.43. The number of carbonyl (C=O) groups is 1. The van der Waals surface area contributed by atoms with Crippen molar-refractivity contribution in [2.45, 2.75) is 64.4 Å². The summed E-state index contributed by atoms with van der Waals surface area (Å²) >= 11 is 0. The first-order valence-electron chi connectivity index (χ1n) is 7.99. The second-order valence-corrected chi connectivity index (χ2v) is 5.77. The van der Waals surface area contributed by atoms with E-state index in [1.807, 2.05) is 19.1 Å². The predicted molar refractivity (Wildman–Crippen MR) is 82.2 cm³/mol. The molecule has 1 aromatic carbocycles. The van der Waals surface area contributed by atoms with Gasteiger partial charge in [0.1, 0.15) is 5.60 Å². The largest absolute Gasteiger partial charge is 0.367 e. The van der Waals surface area contributed by atoms with Crippen LogP contribution in [0, 0.1) is 0 Å². The summed E-state index contributed by atoms with van der Waals surface area (Å²) in [6.45, 7) is 4.76. The van der Waals surface area contributed by atoms with Crippen molar-refractivity contribution in [3.8, 4) is 0 Å². The molecule has 1 aliphatic carbocycles. The number of benzene rings is 1. The monoisotopic (exact) mass is 274 g/mol. The highest BCUT2D eigenvalue weighted by Crippen LogP contribution is 2.34. The number of aryl methyl sites for hydroxylation is 1. The molecule has 0 saturated heterocycles. The van der Waals surface area contributed by atoms with E-state index in [0.717, 1.165) is 44.1 Å². The first-order chi connectivity index (χ1) is 9.72. The van der Waals surface area contributed by atoms with E-state index in [2.05, 4.69) is 19.1 Å². The van der Waals surface area contributed by atoms with Gasteiger partial charge < -0.3 is 4.74 Å². The molecule has 2 nitrogen and oxygen atoms in total. The molecular weight excluding hydrogens is 248 g/mol. The number of rotatable bonds is 6. The minimum absolute atomic E-state index is 0.192. The Labute approximate surface area is 122 Å². The van der Waals surface area contributed by atoms with Gasteiger partial charge in [0.05, 0.1) is 0 Å². The van der Waals surface area contributed by atoms with E-state index < -0.39 is 5.60 Å². The van der Waals surface area contributed by atoms with Crippen LogP contribution < -0.4 is 0 Å². The lowest BCUT2D eigenvalue weighted by atomic mass is 9.79. The number of ether oxygens (including phenoxy) is 1. The zero-order chi connectivity index (χ0) is 14.4. The Morgan fingerprint density at radius 3 is 2.60 bits per heavy atom. The molecule has 1 aromatic rings. The Bertz CT molecular complexity index is 439. The van der Waals surface area contributed by atoms with Gasteiger partial charge in [0.15, 0.2) is 5.78 Å². The van der Waals surface area contributed by atoms with Crippen LogP contribution in [0.25, 0.3) is 0 Å². The smallest absolute Gasteiger partial charge is 0.194 e. The van der Waals surface area contributed by atoms with Crippen LogP contribution in [0.3, 0.4) is 0 Å². The lowest BCUT2D eigenvalue weighted by Gasteiger charge is -2.35. The highest BCUT2D eigenvalue weighted by molar-refractivity contribution is 6.02. The minimum Gasteiger partial charge on any atom is -0.367 e. The summed E-state index contributed by atoms with van der Waals surface area (Å²) in [6, 6.07) is 8.10. The molecule has 2 rings (SSSR count). The summed E-state index contributed by atoms with van der Waals surface area (Å²) in [5.74, 6) is 0.192. The van der Waals surface area contributed by atoms with Crippen LogP contribution in [-0.2, 0) is 11.2 Å². The predicted octanol–water partition coefficient (Wildman–Crippen LogP) is 4.56. The van der Waals surface area contributed by atoms with Crippen LogP contribution in [0.15, 0.2) is 24.3 Å². The summed E-state index contributed by atoms with van der Waals surface area (Å²) < 4.78 is 5.94. The third kappa shape index (κ3) is 3.29. The molecule has 2 heteroatoms. The van der Waals surface area contributed by atoms with Crippen molar-refractivity contribution in [3.63, 3.8) is 0 Å². The fourth-order valence-corrected chi connectivity index (χ4v) is 3.26. The molecule has 0 amide bonds. The van der Waals surface area contributed by atoms with Crippen molar-refractivity contribution in [1.82, 2.24) is 0 Å². The quantitative estimate of drug-likeness (QED) is 0.711. The second-order valence-electron chi connectivity index (χ2n) is 5.77. The molecule has 0 bridgehead atoms. The normalized spacial score (nSPS) is 17.9. The van der Waals surface area contributed by atoms with Crippen molar-refractivity contribution in [2.24, 2.45) is 0 Å². The zero-order valence-corrected chi connectivity index (χ0v) is 12.8. The standard InChI is InChI=1S/C18H26O2/c1-3-9-15-10-8-11-16(14-15)17(19)18(20-4-2)12-6-5-7-13-18/h8,10-11,14H,3-7,9,12-13H2,1-2H3. The maximum absolute atomic E-state index is 12.9. The van der Waals surface area contributed by atoms with Crippen molar-refractivity contribution < 1.29 is 9.53 Å². The van der Waals surface area contributed by atoms with Gasteiger partial charge >= 0.3 is 0 Å². The second kappa shape index (κ2) is 7.03. The minimum atomic E-state index is -0.558. The van der Waals surface area contributed by atoms with Crippen molar-refractivity contribution >= 4 is 5.78 Å². The summed E-state index contributed by atoms with van der Waals surface area (Å²) in [7, 11) is 0. The third-order valence-electron chi connectivity index (χ3n) is 4.22. The molecule has 110 valence electrons.